The van der Waals surface area contributed by atoms with Crippen molar-refractivity contribution in [1.82, 2.24) is 0 Å². The average molecular weight is 303 g/mol. The molecule has 0 aromatic rings. The molecule has 0 saturated heterocycles. The summed E-state index contributed by atoms with van der Waals surface area (Å²) in [7, 11) is 0. The lowest BCUT2D eigenvalue weighted by Gasteiger charge is -2.10. The first-order chi connectivity index (χ1) is 9.72. The van der Waals surface area contributed by atoms with Crippen LogP contribution in [-0.4, -0.2) is 22.1 Å². The highest BCUT2D eigenvalue weighted by Crippen LogP contribution is 2.19. The van der Waals surface area contributed by atoms with Crippen molar-refractivity contribution in [2.45, 2.75) is 96.1 Å². The topological polar surface area (TPSA) is 37.3 Å². The van der Waals surface area contributed by atoms with Crippen LogP contribution in [0.2, 0.25) is 0 Å². The third-order valence-corrected chi connectivity index (χ3v) is 5.01. The largest absolute Gasteiger partial charge is 0.480 e. The lowest BCUT2D eigenvalue weighted by atomic mass is 10.1. The lowest BCUT2D eigenvalue weighted by Crippen LogP contribution is -2.16. The van der Waals surface area contributed by atoms with E-state index < -0.39 is 5.97 Å². The van der Waals surface area contributed by atoms with Crippen molar-refractivity contribution < 1.29 is 9.90 Å². The molecule has 1 N–H and O–H groups in total. The standard InChI is InChI=1S/C17H34O2S/c1-3-5-6-7-8-9-10-11-12-13-15-20-16(14-4-2)17(18)19/h16H,3-15H2,1-2H3,(H,18,19). The molecule has 120 valence electrons. The van der Waals surface area contributed by atoms with E-state index in [0.717, 1.165) is 18.6 Å². The minimum absolute atomic E-state index is 0.182. The van der Waals surface area contributed by atoms with Gasteiger partial charge in [-0.25, -0.2) is 0 Å². The minimum atomic E-state index is -0.635. The fraction of sp³-hybridized carbons (Fsp3) is 0.941. The summed E-state index contributed by atoms with van der Waals surface area (Å²) < 4.78 is 0. The molecule has 0 amide bonds. The summed E-state index contributed by atoms with van der Waals surface area (Å²) in [6.07, 6.45) is 15.2. The minimum Gasteiger partial charge on any atom is -0.480 e. The molecule has 0 heterocycles. The Hall–Kier alpha value is -0.180. The Morgan fingerprint density at radius 3 is 1.80 bits per heavy atom. The molecule has 0 radical (unpaired) electrons. The number of rotatable bonds is 15. The third kappa shape index (κ3) is 12.8. The Morgan fingerprint density at radius 2 is 1.35 bits per heavy atom. The van der Waals surface area contributed by atoms with Gasteiger partial charge in [0.05, 0.1) is 0 Å². The molecule has 3 heteroatoms. The number of aliphatic carboxylic acids is 1. The van der Waals surface area contributed by atoms with Crippen LogP contribution >= 0.6 is 11.8 Å². The second-order valence-electron chi connectivity index (χ2n) is 5.67. The average Bonchev–Trinajstić information content (AvgIpc) is 2.43. The van der Waals surface area contributed by atoms with Gasteiger partial charge < -0.3 is 5.11 Å². The molecule has 0 aromatic heterocycles. The molecule has 1 unspecified atom stereocenters. The van der Waals surface area contributed by atoms with Gasteiger partial charge >= 0.3 is 5.97 Å². The van der Waals surface area contributed by atoms with Gasteiger partial charge in [0.25, 0.3) is 0 Å². The van der Waals surface area contributed by atoms with Gasteiger partial charge in [-0.3, -0.25) is 4.79 Å². The maximum absolute atomic E-state index is 11.0. The second-order valence-corrected chi connectivity index (χ2v) is 6.98. The van der Waals surface area contributed by atoms with Crippen molar-refractivity contribution in [3.8, 4) is 0 Å². The van der Waals surface area contributed by atoms with Crippen molar-refractivity contribution in [3.63, 3.8) is 0 Å². The normalized spacial score (nSPS) is 12.5. The highest BCUT2D eigenvalue weighted by Gasteiger charge is 2.15. The number of unbranched alkanes of at least 4 members (excludes halogenated alkanes) is 9. The second kappa shape index (κ2) is 15.2. The van der Waals surface area contributed by atoms with Crippen LogP contribution in [0.3, 0.4) is 0 Å². The van der Waals surface area contributed by atoms with Crippen LogP contribution < -0.4 is 0 Å². The van der Waals surface area contributed by atoms with Gasteiger partial charge in [-0.1, -0.05) is 78.1 Å². The Morgan fingerprint density at radius 1 is 0.850 bits per heavy atom. The number of carboxylic acids is 1. The van der Waals surface area contributed by atoms with Crippen molar-refractivity contribution in [2.75, 3.05) is 5.75 Å². The summed E-state index contributed by atoms with van der Waals surface area (Å²) in [6, 6.07) is 0. The van der Waals surface area contributed by atoms with E-state index >= 15 is 0 Å². The first kappa shape index (κ1) is 19.8. The molecule has 0 aliphatic carbocycles. The van der Waals surface area contributed by atoms with E-state index in [4.69, 9.17) is 5.11 Å². The first-order valence-electron chi connectivity index (χ1n) is 8.56. The molecule has 0 fully saturated rings. The summed E-state index contributed by atoms with van der Waals surface area (Å²) in [4.78, 5) is 11.0. The SMILES string of the molecule is CCCCCCCCCCCCSC(CCC)C(=O)O. The predicted molar refractivity (Wildman–Crippen MR) is 90.6 cm³/mol. The van der Waals surface area contributed by atoms with Gasteiger partial charge in [-0.2, -0.15) is 0 Å². The molecule has 2 nitrogen and oxygen atoms in total. The van der Waals surface area contributed by atoms with Gasteiger partial charge in [0, 0.05) is 0 Å². The smallest absolute Gasteiger partial charge is 0.316 e. The monoisotopic (exact) mass is 302 g/mol. The Bertz CT molecular complexity index is 219. The summed E-state index contributed by atoms with van der Waals surface area (Å²) in [5.74, 6) is 0.372. The highest BCUT2D eigenvalue weighted by atomic mass is 32.2. The Labute approximate surface area is 130 Å². The molecule has 0 aliphatic rings. The van der Waals surface area contributed by atoms with Crippen LogP contribution in [0.25, 0.3) is 0 Å². The van der Waals surface area contributed by atoms with E-state index in [0.29, 0.717) is 0 Å². The summed E-state index contributed by atoms with van der Waals surface area (Å²) in [6.45, 7) is 4.31. The maximum Gasteiger partial charge on any atom is 0.316 e. The molecular formula is C17H34O2S. The third-order valence-electron chi connectivity index (χ3n) is 3.64. The summed E-state index contributed by atoms with van der Waals surface area (Å²) in [5, 5.41) is 8.86. The number of hydrogen-bond acceptors (Lipinski definition) is 2. The van der Waals surface area contributed by atoms with Gasteiger partial charge in [-0.05, 0) is 18.6 Å². The van der Waals surface area contributed by atoms with Crippen molar-refractivity contribution in [2.24, 2.45) is 0 Å². The molecule has 0 rings (SSSR count). The van der Waals surface area contributed by atoms with E-state index in [1.54, 1.807) is 11.8 Å². The van der Waals surface area contributed by atoms with Crippen molar-refractivity contribution in [1.29, 1.82) is 0 Å². The van der Waals surface area contributed by atoms with E-state index in [-0.39, 0.29) is 5.25 Å². The zero-order chi connectivity index (χ0) is 15.1. The van der Waals surface area contributed by atoms with Crippen LogP contribution in [-0.2, 0) is 4.79 Å². The molecule has 1 atom stereocenters. The summed E-state index contributed by atoms with van der Waals surface area (Å²) in [5.41, 5.74) is 0. The van der Waals surface area contributed by atoms with Crippen LogP contribution in [0.15, 0.2) is 0 Å². The van der Waals surface area contributed by atoms with Crippen molar-refractivity contribution in [3.05, 3.63) is 0 Å². The maximum atomic E-state index is 11.0. The lowest BCUT2D eigenvalue weighted by molar-refractivity contribution is -0.136. The highest BCUT2D eigenvalue weighted by molar-refractivity contribution is 8.00. The molecule has 20 heavy (non-hydrogen) atoms. The van der Waals surface area contributed by atoms with Gasteiger partial charge in [0.2, 0.25) is 0 Å². The molecule has 0 aliphatic heterocycles. The number of carboxylic acid groups (broad SMARTS) is 1. The molecule has 0 aromatic carbocycles. The fourth-order valence-corrected chi connectivity index (χ4v) is 3.56. The summed E-state index contributed by atoms with van der Waals surface area (Å²) >= 11 is 1.63. The Kier molecular flexibility index (Phi) is 15.1. The predicted octanol–water partition coefficient (Wildman–Crippen LogP) is 5.89. The van der Waals surface area contributed by atoms with Crippen LogP contribution in [0.1, 0.15) is 90.9 Å². The van der Waals surface area contributed by atoms with Gasteiger partial charge in [-0.15, -0.1) is 11.8 Å². The molecular weight excluding hydrogens is 268 g/mol. The molecule has 0 bridgehead atoms. The van der Waals surface area contributed by atoms with E-state index in [9.17, 15) is 4.79 Å². The zero-order valence-electron chi connectivity index (χ0n) is 13.5. The molecule has 0 saturated carbocycles. The van der Waals surface area contributed by atoms with Crippen molar-refractivity contribution >= 4 is 17.7 Å². The van der Waals surface area contributed by atoms with Crippen LogP contribution in [0.4, 0.5) is 0 Å². The first-order valence-corrected chi connectivity index (χ1v) is 9.61. The van der Waals surface area contributed by atoms with E-state index in [1.165, 1.54) is 64.2 Å². The number of carbonyl (C=O) groups is 1. The van der Waals surface area contributed by atoms with Gasteiger partial charge in [0.15, 0.2) is 0 Å². The van der Waals surface area contributed by atoms with E-state index in [1.807, 2.05) is 0 Å². The van der Waals surface area contributed by atoms with Gasteiger partial charge in [0.1, 0.15) is 5.25 Å². The quantitative estimate of drug-likeness (QED) is 0.383. The number of hydrogen-bond donors (Lipinski definition) is 1. The Balaban J connectivity index is 3.25. The van der Waals surface area contributed by atoms with E-state index in [2.05, 4.69) is 13.8 Å². The van der Waals surface area contributed by atoms with Crippen LogP contribution in [0, 0.1) is 0 Å². The zero-order valence-corrected chi connectivity index (χ0v) is 14.3. The molecule has 0 spiro atoms. The fourth-order valence-electron chi connectivity index (χ4n) is 2.36. The van der Waals surface area contributed by atoms with Crippen LogP contribution in [0.5, 0.6) is 0 Å². The number of thioether (sulfide) groups is 1.